The zero-order valence-corrected chi connectivity index (χ0v) is 13.7. The smallest absolute Gasteiger partial charge is 0.0442 e. The zero-order valence-electron chi connectivity index (χ0n) is 13.7. The number of nitrogens with zero attached hydrogens (tertiary/aromatic N) is 1. The van der Waals surface area contributed by atoms with Crippen LogP contribution in [0.2, 0.25) is 0 Å². The molecule has 0 aromatic heterocycles. The second-order valence-electron chi connectivity index (χ2n) is 6.40. The fourth-order valence-corrected chi connectivity index (χ4v) is 3.41. The summed E-state index contributed by atoms with van der Waals surface area (Å²) in [5.41, 5.74) is 5.72. The van der Waals surface area contributed by atoms with E-state index in [1.807, 2.05) is 0 Å². The number of benzene rings is 2. The average Bonchev–Trinajstić information content (AvgIpc) is 2.69. The van der Waals surface area contributed by atoms with Gasteiger partial charge in [0.15, 0.2) is 0 Å². The minimum atomic E-state index is 0.531. The summed E-state index contributed by atoms with van der Waals surface area (Å²) in [5, 5.41) is 3.62. The van der Waals surface area contributed by atoms with Crippen LogP contribution in [0.1, 0.15) is 30.0 Å². The number of nitrogens with one attached hydrogen (secondary N) is 1. The van der Waals surface area contributed by atoms with Crippen molar-refractivity contribution in [3.63, 3.8) is 0 Å². The molecule has 1 aliphatic rings. The highest BCUT2D eigenvalue weighted by atomic mass is 15.2. The Morgan fingerprint density at radius 3 is 2.73 bits per heavy atom. The summed E-state index contributed by atoms with van der Waals surface area (Å²) in [4.78, 5) is 2.58. The first kappa shape index (κ1) is 15.1. The minimum absolute atomic E-state index is 0.531. The average molecular weight is 294 g/mol. The standard InChI is InChI=1S/C20H26N2/c1-16-8-6-12-19-14-21-17(2)15-22(20(16)19)13-7-11-18-9-4-3-5-10-18/h3-6,8-10,12,17,21H,7,11,13-15H2,1-2H3. The van der Waals surface area contributed by atoms with Crippen molar-refractivity contribution in [1.29, 1.82) is 0 Å². The van der Waals surface area contributed by atoms with E-state index in [2.05, 4.69) is 72.6 Å². The maximum absolute atomic E-state index is 3.62. The summed E-state index contributed by atoms with van der Waals surface area (Å²) >= 11 is 0. The van der Waals surface area contributed by atoms with Crippen molar-refractivity contribution in [3.05, 3.63) is 65.2 Å². The molecule has 0 amide bonds. The molecule has 0 radical (unpaired) electrons. The van der Waals surface area contributed by atoms with Crippen LogP contribution in [0.15, 0.2) is 48.5 Å². The summed E-state index contributed by atoms with van der Waals surface area (Å²) in [6, 6.07) is 18.0. The SMILES string of the molecule is Cc1cccc2c1N(CCCc1ccccc1)CC(C)NC2. The summed E-state index contributed by atoms with van der Waals surface area (Å²) in [7, 11) is 0. The van der Waals surface area contributed by atoms with E-state index in [0.29, 0.717) is 6.04 Å². The molecule has 0 saturated heterocycles. The largest absolute Gasteiger partial charge is 0.369 e. The Labute approximate surface area is 134 Å². The molecule has 1 N–H and O–H groups in total. The van der Waals surface area contributed by atoms with Crippen LogP contribution in [0, 0.1) is 6.92 Å². The Morgan fingerprint density at radius 1 is 1.09 bits per heavy atom. The van der Waals surface area contributed by atoms with Gasteiger partial charge in [-0.2, -0.15) is 0 Å². The third-order valence-corrected chi connectivity index (χ3v) is 4.51. The van der Waals surface area contributed by atoms with Crippen LogP contribution in [0.4, 0.5) is 5.69 Å². The summed E-state index contributed by atoms with van der Waals surface area (Å²) in [6.07, 6.45) is 2.35. The van der Waals surface area contributed by atoms with Gasteiger partial charge in [-0.15, -0.1) is 0 Å². The maximum Gasteiger partial charge on any atom is 0.0442 e. The summed E-state index contributed by atoms with van der Waals surface area (Å²) in [6.45, 7) is 7.71. The molecule has 2 nitrogen and oxygen atoms in total. The number of fused-ring (bicyclic) bond motifs is 1. The van der Waals surface area contributed by atoms with Crippen LogP contribution < -0.4 is 10.2 Å². The van der Waals surface area contributed by atoms with Gasteiger partial charge in [0.1, 0.15) is 0 Å². The van der Waals surface area contributed by atoms with E-state index in [1.165, 1.54) is 28.8 Å². The molecule has 1 unspecified atom stereocenters. The molecule has 0 fully saturated rings. The topological polar surface area (TPSA) is 15.3 Å². The van der Waals surface area contributed by atoms with Crippen molar-refractivity contribution in [2.24, 2.45) is 0 Å². The molecule has 116 valence electrons. The lowest BCUT2D eigenvalue weighted by Crippen LogP contribution is -2.36. The first-order valence-corrected chi connectivity index (χ1v) is 8.35. The van der Waals surface area contributed by atoms with Gasteiger partial charge in [-0.05, 0) is 43.4 Å². The predicted octanol–water partition coefficient (Wildman–Crippen LogP) is 3.93. The van der Waals surface area contributed by atoms with Gasteiger partial charge in [0.2, 0.25) is 0 Å². The van der Waals surface area contributed by atoms with Crippen molar-refractivity contribution in [2.75, 3.05) is 18.0 Å². The molecule has 3 rings (SSSR count). The monoisotopic (exact) mass is 294 g/mol. The molecule has 0 spiro atoms. The molecule has 1 atom stereocenters. The molecule has 0 saturated carbocycles. The van der Waals surface area contributed by atoms with E-state index < -0.39 is 0 Å². The van der Waals surface area contributed by atoms with Crippen LogP contribution in [0.5, 0.6) is 0 Å². The van der Waals surface area contributed by atoms with E-state index in [9.17, 15) is 0 Å². The van der Waals surface area contributed by atoms with Gasteiger partial charge in [0.25, 0.3) is 0 Å². The third kappa shape index (κ3) is 3.50. The van der Waals surface area contributed by atoms with E-state index in [4.69, 9.17) is 0 Å². The van der Waals surface area contributed by atoms with Crippen LogP contribution in [0.3, 0.4) is 0 Å². The number of aryl methyl sites for hydroxylation is 2. The second kappa shape index (κ2) is 6.97. The third-order valence-electron chi connectivity index (χ3n) is 4.51. The van der Waals surface area contributed by atoms with Gasteiger partial charge < -0.3 is 10.2 Å². The molecule has 2 aromatic rings. The quantitative estimate of drug-likeness (QED) is 0.919. The Balaban J connectivity index is 1.72. The number of anilines is 1. The highest BCUT2D eigenvalue weighted by Gasteiger charge is 2.19. The van der Waals surface area contributed by atoms with Gasteiger partial charge >= 0.3 is 0 Å². The minimum Gasteiger partial charge on any atom is -0.369 e. The Bertz CT molecular complexity index is 606. The Kier molecular flexibility index (Phi) is 4.79. The second-order valence-corrected chi connectivity index (χ2v) is 6.40. The fourth-order valence-electron chi connectivity index (χ4n) is 3.41. The number of para-hydroxylation sites is 1. The lowest BCUT2D eigenvalue weighted by molar-refractivity contribution is 0.549. The molecular formula is C20H26N2. The molecule has 1 heterocycles. The van der Waals surface area contributed by atoms with Crippen molar-refractivity contribution < 1.29 is 0 Å². The first-order chi connectivity index (χ1) is 10.7. The molecule has 2 heteroatoms. The molecule has 2 aromatic carbocycles. The van der Waals surface area contributed by atoms with Gasteiger partial charge in [-0.1, -0.05) is 48.5 Å². The maximum atomic E-state index is 3.62. The Hall–Kier alpha value is -1.80. The van der Waals surface area contributed by atoms with E-state index in [-0.39, 0.29) is 0 Å². The first-order valence-electron chi connectivity index (χ1n) is 8.35. The van der Waals surface area contributed by atoms with Crippen LogP contribution in [-0.2, 0) is 13.0 Å². The lowest BCUT2D eigenvalue weighted by Gasteiger charge is -2.28. The molecule has 1 aliphatic heterocycles. The Morgan fingerprint density at radius 2 is 1.91 bits per heavy atom. The van der Waals surface area contributed by atoms with Gasteiger partial charge in [0.05, 0.1) is 0 Å². The van der Waals surface area contributed by atoms with E-state index in [1.54, 1.807) is 0 Å². The normalized spacial score (nSPS) is 17.9. The summed E-state index contributed by atoms with van der Waals surface area (Å²) < 4.78 is 0. The van der Waals surface area contributed by atoms with Gasteiger partial charge in [-0.25, -0.2) is 0 Å². The lowest BCUT2D eigenvalue weighted by atomic mass is 10.1. The molecule has 0 aliphatic carbocycles. The van der Waals surface area contributed by atoms with Gasteiger partial charge in [0, 0.05) is 31.4 Å². The molecule has 0 bridgehead atoms. The van der Waals surface area contributed by atoms with Crippen molar-refractivity contribution in [1.82, 2.24) is 5.32 Å². The highest BCUT2D eigenvalue weighted by Crippen LogP contribution is 2.28. The summed E-state index contributed by atoms with van der Waals surface area (Å²) in [5.74, 6) is 0. The zero-order chi connectivity index (χ0) is 15.4. The van der Waals surface area contributed by atoms with E-state index >= 15 is 0 Å². The van der Waals surface area contributed by atoms with Crippen molar-refractivity contribution in [2.45, 2.75) is 39.3 Å². The number of rotatable bonds is 4. The van der Waals surface area contributed by atoms with Crippen LogP contribution >= 0.6 is 0 Å². The molecular weight excluding hydrogens is 268 g/mol. The number of hydrogen-bond acceptors (Lipinski definition) is 2. The highest BCUT2D eigenvalue weighted by molar-refractivity contribution is 5.60. The molecule has 22 heavy (non-hydrogen) atoms. The van der Waals surface area contributed by atoms with Gasteiger partial charge in [-0.3, -0.25) is 0 Å². The van der Waals surface area contributed by atoms with Crippen LogP contribution in [0.25, 0.3) is 0 Å². The van der Waals surface area contributed by atoms with E-state index in [0.717, 1.165) is 26.1 Å². The number of hydrogen-bond donors (Lipinski definition) is 1. The predicted molar refractivity (Wildman–Crippen MR) is 94.5 cm³/mol. The van der Waals surface area contributed by atoms with Crippen LogP contribution in [-0.4, -0.2) is 19.1 Å². The van der Waals surface area contributed by atoms with Crippen molar-refractivity contribution in [3.8, 4) is 0 Å². The van der Waals surface area contributed by atoms with Crippen molar-refractivity contribution >= 4 is 5.69 Å². The fraction of sp³-hybridized carbons (Fsp3) is 0.400.